The Morgan fingerprint density at radius 3 is 2.21 bits per heavy atom. The molecule has 2 unspecified atom stereocenters. The summed E-state index contributed by atoms with van der Waals surface area (Å²) in [5.41, 5.74) is 2.43. The van der Waals surface area contributed by atoms with Crippen molar-refractivity contribution in [3.63, 3.8) is 0 Å². The molecule has 6 rings (SSSR count). The largest absolute Gasteiger partial charge is 0.511 e. The third-order valence-corrected chi connectivity index (χ3v) is 7.37. The number of rotatable bonds is 4. The maximum Gasteiger partial charge on any atom is 0.170 e. The van der Waals surface area contributed by atoms with Crippen molar-refractivity contribution < 1.29 is 14.6 Å². The maximum atomic E-state index is 13.4. The Labute approximate surface area is 176 Å². The van der Waals surface area contributed by atoms with Crippen LogP contribution in [0.25, 0.3) is 5.57 Å². The van der Waals surface area contributed by atoms with E-state index in [0.717, 1.165) is 43.2 Å². The van der Waals surface area contributed by atoms with Gasteiger partial charge in [-0.15, -0.1) is 0 Å². The number of hydrogen-bond donors (Lipinski definition) is 1. The molecule has 4 heteroatoms. The zero-order chi connectivity index (χ0) is 20.1. The van der Waals surface area contributed by atoms with E-state index in [9.17, 15) is 9.90 Å². The van der Waals surface area contributed by atoms with Crippen LogP contribution in [0.2, 0.25) is 5.02 Å². The molecule has 4 aliphatic rings. The summed E-state index contributed by atoms with van der Waals surface area (Å²) < 4.78 is 6.00. The van der Waals surface area contributed by atoms with Gasteiger partial charge >= 0.3 is 0 Å². The molecule has 1 N–H and O–H groups in total. The molecule has 0 spiro atoms. The zero-order valence-corrected chi connectivity index (χ0v) is 17.3. The second kappa shape index (κ2) is 7.21. The van der Waals surface area contributed by atoms with Gasteiger partial charge in [-0.05, 0) is 91.5 Å². The highest BCUT2D eigenvalue weighted by atomic mass is 35.5. The number of Topliss-reactive ketones (excluding diaryl/α,β-unsaturated/α-hetero) is 1. The van der Waals surface area contributed by atoms with Gasteiger partial charge in [-0.25, -0.2) is 0 Å². The fourth-order valence-electron chi connectivity index (χ4n) is 5.75. The molecule has 3 fully saturated rings. The Morgan fingerprint density at radius 1 is 0.966 bits per heavy atom. The van der Waals surface area contributed by atoms with Crippen LogP contribution in [0.15, 0.2) is 48.2 Å². The summed E-state index contributed by atoms with van der Waals surface area (Å²) in [6.07, 6.45) is 5.31. The summed E-state index contributed by atoms with van der Waals surface area (Å²) in [6.45, 7) is 2.08. The molecule has 0 aliphatic heterocycles. The molecule has 0 saturated heterocycles. The van der Waals surface area contributed by atoms with Crippen molar-refractivity contribution in [2.75, 3.05) is 0 Å². The number of aliphatic hydroxyl groups excluding tert-OH is 1. The Bertz CT molecular complexity index is 984. The quantitative estimate of drug-likeness (QED) is 0.619. The van der Waals surface area contributed by atoms with E-state index in [4.69, 9.17) is 16.3 Å². The van der Waals surface area contributed by atoms with Crippen LogP contribution in [0, 0.1) is 23.7 Å². The highest BCUT2D eigenvalue weighted by molar-refractivity contribution is 6.30. The minimum absolute atomic E-state index is 0.0237. The predicted molar refractivity (Wildman–Crippen MR) is 114 cm³/mol. The molecule has 2 atom stereocenters. The number of aliphatic hydroxyl groups is 1. The van der Waals surface area contributed by atoms with Gasteiger partial charge in [-0.3, -0.25) is 4.79 Å². The van der Waals surface area contributed by atoms with Gasteiger partial charge in [0.25, 0.3) is 0 Å². The molecule has 0 heterocycles. The van der Waals surface area contributed by atoms with Crippen molar-refractivity contribution in [3.05, 3.63) is 64.4 Å². The Morgan fingerprint density at radius 2 is 1.59 bits per heavy atom. The fraction of sp³-hybridized carbons (Fsp3) is 0.400. The average Bonchev–Trinajstić information content (AvgIpc) is 3.03. The van der Waals surface area contributed by atoms with Gasteiger partial charge in [0.05, 0.1) is 5.57 Å². The molecule has 2 bridgehead atoms. The number of benzene rings is 2. The summed E-state index contributed by atoms with van der Waals surface area (Å²) in [4.78, 5) is 13.4. The van der Waals surface area contributed by atoms with Gasteiger partial charge in [0.2, 0.25) is 0 Å². The highest BCUT2D eigenvalue weighted by Crippen LogP contribution is 2.57. The van der Waals surface area contributed by atoms with E-state index in [0.29, 0.717) is 39.7 Å². The molecular weight excluding hydrogens is 384 g/mol. The van der Waals surface area contributed by atoms with Crippen molar-refractivity contribution in [1.82, 2.24) is 0 Å². The molecule has 3 saturated carbocycles. The number of ether oxygens (including phenoxy) is 1. The average molecular weight is 409 g/mol. The predicted octanol–water partition coefficient (Wildman–Crippen LogP) is 6.60. The van der Waals surface area contributed by atoms with Crippen LogP contribution < -0.4 is 4.74 Å². The lowest BCUT2D eigenvalue weighted by molar-refractivity contribution is -0.123. The number of aryl methyl sites for hydroxylation is 1. The topological polar surface area (TPSA) is 46.5 Å². The van der Waals surface area contributed by atoms with E-state index in [1.165, 1.54) is 0 Å². The minimum Gasteiger partial charge on any atom is -0.511 e. The Kier molecular flexibility index (Phi) is 4.66. The van der Waals surface area contributed by atoms with Gasteiger partial charge in [0.1, 0.15) is 17.3 Å². The summed E-state index contributed by atoms with van der Waals surface area (Å²) in [7, 11) is 0. The number of ketones is 1. The summed E-state index contributed by atoms with van der Waals surface area (Å²) in [6, 6.07) is 13.0. The van der Waals surface area contributed by atoms with E-state index in [1.807, 2.05) is 30.3 Å². The molecular formula is C25H25ClO3. The molecule has 2 aromatic rings. The summed E-state index contributed by atoms with van der Waals surface area (Å²) in [5.74, 6) is 2.69. The van der Waals surface area contributed by atoms with Crippen LogP contribution in [0.5, 0.6) is 11.5 Å². The first kappa shape index (κ1) is 18.7. The number of carbonyl (C=O) groups is 1. The first-order chi connectivity index (χ1) is 14.1. The third-order valence-electron chi connectivity index (χ3n) is 7.12. The number of carbonyl (C=O) groups excluding carboxylic acids is 1. The number of halogens is 1. The lowest BCUT2D eigenvalue weighted by Crippen LogP contribution is -2.41. The number of fused-ring (bicyclic) bond motifs is 2. The fourth-order valence-corrected chi connectivity index (χ4v) is 5.88. The normalized spacial score (nSPS) is 28.0. The standard InChI is InChI=1S/C25H25ClO3/c1-2-14-7-10-19(29-18-11-8-17(26)9-12-18)13-20(14)23-24(27)21-15-3-4-16(6-5-15)22(21)25(23)28/h7-13,15-16,21-22,27H,2-6H2,1H3. The lowest BCUT2D eigenvalue weighted by atomic mass is 9.59. The van der Waals surface area contributed by atoms with E-state index < -0.39 is 0 Å². The van der Waals surface area contributed by atoms with E-state index in [-0.39, 0.29) is 17.6 Å². The van der Waals surface area contributed by atoms with Gasteiger partial charge in [0, 0.05) is 16.9 Å². The van der Waals surface area contributed by atoms with Crippen molar-refractivity contribution in [2.45, 2.75) is 39.0 Å². The zero-order valence-electron chi connectivity index (χ0n) is 16.5. The van der Waals surface area contributed by atoms with E-state index in [1.54, 1.807) is 12.1 Å². The summed E-state index contributed by atoms with van der Waals surface area (Å²) in [5, 5.41) is 11.8. The van der Waals surface area contributed by atoms with Gasteiger partial charge in [-0.2, -0.15) is 0 Å². The van der Waals surface area contributed by atoms with Crippen LogP contribution in [0.3, 0.4) is 0 Å². The number of hydrogen-bond acceptors (Lipinski definition) is 3. The Balaban J connectivity index is 1.54. The maximum absolute atomic E-state index is 13.4. The van der Waals surface area contributed by atoms with Gasteiger partial charge in [0.15, 0.2) is 5.78 Å². The lowest BCUT2D eigenvalue weighted by Gasteiger charge is -2.44. The molecule has 0 radical (unpaired) electrons. The molecule has 150 valence electrons. The monoisotopic (exact) mass is 408 g/mol. The summed E-state index contributed by atoms with van der Waals surface area (Å²) >= 11 is 5.96. The second-order valence-electron chi connectivity index (χ2n) is 8.58. The van der Waals surface area contributed by atoms with Crippen molar-refractivity contribution in [2.24, 2.45) is 23.7 Å². The van der Waals surface area contributed by atoms with Crippen molar-refractivity contribution in [1.29, 1.82) is 0 Å². The second-order valence-corrected chi connectivity index (χ2v) is 9.02. The molecule has 3 nitrogen and oxygen atoms in total. The van der Waals surface area contributed by atoms with Crippen LogP contribution in [0.1, 0.15) is 43.7 Å². The van der Waals surface area contributed by atoms with Crippen LogP contribution in [-0.2, 0) is 11.2 Å². The third kappa shape index (κ3) is 3.07. The molecule has 0 aromatic heterocycles. The van der Waals surface area contributed by atoms with E-state index >= 15 is 0 Å². The molecule has 4 aliphatic carbocycles. The minimum atomic E-state index is -0.0250. The molecule has 29 heavy (non-hydrogen) atoms. The Hall–Kier alpha value is -2.26. The molecule has 2 aromatic carbocycles. The van der Waals surface area contributed by atoms with Crippen LogP contribution in [0.4, 0.5) is 0 Å². The van der Waals surface area contributed by atoms with Crippen LogP contribution in [-0.4, -0.2) is 10.9 Å². The highest BCUT2D eigenvalue weighted by Gasteiger charge is 2.54. The van der Waals surface area contributed by atoms with Gasteiger partial charge < -0.3 is 9.84 Å². The first-order valence-corrected chi connectivity index (χ1v) is 11.0. The van der Waals surface area contributed by atoms with Crippen molar-refractivity contribution in [3.8, 4) is 11.5 Å². The first-order valence-electron chi connectivity index (χ1n) is 10.6. The smallest absolute Gasteiger partial charge is 0.170 e. The van der Waals surface area contributed by atoms with Crippen molar-refractivity contribution >= 4 is 23.0 Å². The van der Waals surface area contributed by atoms with E-state index in [2.05, 4.69) is 6.92 Å². The number of allylic oxidation sites excluding steroid dienone is 2. The van der Waals surface area contributed by atoms with Gasteiger partial charge in [-0.1, -0.05) is 24.6 Å². The van der Waals surface area contributed by atoms with Crippen LogP contribution >= 0.6 is 11.6 Å². The molecule has 0 amide bonds. The SMILES string of the molecule is CCc1ccc(Oc2ccc(Cl)cc2)cc1C1=C(O)C2C3CCC(CC3)C2C1=O.